The first-order valence-corrected chi connectivity index (χ1v) is 8.60. The van der Waals surface area contributed by atoms with Gasteiger partial charge in [0.15, 0.2) is 0 Å². The molecule has 1 N–H and O–H groups in total. The fourth-order valence-electron chi connectivity index (χ4n) is 2.79. The number of likely N-dealkylation sites (tertiary alicyclic amines) is 1. The lowest BCUT2D eigenvalue weighted by atomic mass is 10.2. The van der Waals surface area contributed by atoms with E-state index in [9.17, 15) is 4.79 Å². The summed E-state index contributed by atoms with van der Waals surface area (Å²) in [6, 6.07) is 0.155. The van der Waals surface area contributed by atoms with Crippen LogP contribution in [0.5, 0.6) is 0 Å². The zero-order valence-electron chi connectivity index (χ0n) is 13.3. The minimum Gasteiger partial charge on any atom is -0.478 e. The van der Waals surface area contributed by atoms with Crippen molar-refractivity contribution in [1.29, 1.82) is 0 Å². The maximum absolute atomic E-state index is 10.9. The van der Waals surface area contributed by atoms with Crippen LogP contribution in [0, 0.1) is 0 Å². The Morgan fingerprint density at radius 1 is 1.35 bits per heavy atom. The third-order valence-corrected chi connectivity index (χ3v) is 5.29. The average molecular weight is 332 g/mol. The van der Waals surface area contributed by atoms with Gasteiger partial charge in [-0.2, -0.15) is 0 Å². The molecule has 0 saturated carbocycles. The average Bonchev–Trinajstić information content (AvgIpc) is 3.17. The van der Waals surface area contributed by atoms with Crippen molar-refractivity contribution in [3.63, 3.8) is 0 Å². The Hall–Kier alpha value is -1.86. The van der Waals surface area contributed by atoms with E-state index in [4.69, 9.17) is 5.11 Å². The molecule has 6 nitrogen and oxygen atoms in total. The van der Waals surface area contributed by atoms with Gasteiger partial charge in [0.2, 0.25) is 0 Å². The summed E-state index contributed by atoms with van der Waals surface area (Å²) in [6.45, 7) is 6.15. The molecule has 1 aliphatic heterocycles. The molecule has 1 saturated heterocycles. The highest BCUT2D eigenvalue weighted by atomic mass is 32.1. The van der Waals surface area contributed by atoms with Gasteiger partial charge >= 0.3 is 5.97 Å². The maximum Gasteiger partial charge on any atom is 0.338 e. The first-order chi connectivity index (χ1) is 11.0. The normalized spacial score (nSPS) is 18.7. The van der Waals surface area contributed by atoms with E-state index in [1.54, 1.807) is 11.3 Å². The molecule has 3 rings (SSSR count). The van der Waals surface area contributed by atoms with Crippen molar-refractivity contribution in [3.05, 3.63) is 39.9 Å². The van der Waals surface area contributed by atoms with Crippen LogP contribution < -0.4 is 0 Å². The quantitative estimate of drug-likeness (QED) is 0.906. The van der Waals surface area contributed by atoms with Gasteiger partial charge in [0.25, 0.3) is 0 Å². The van der Waals surface area contributed by atoms with E-state index in [0.717, 1.165) is 30.9 Å². The van der Waals surface area contributed by atoms with E-state index in [2.05, 4.69) is 33.7 Å². The molecule has 3 heterocycles. The summed E-state index contributed by atoms with van der Waals surface area (Å²) in [5, 5.41) is 10.1. The van der Waals surface area contributed by atoms with Crippen LogP contribution in [-0.2, 0) is 6.54 Å². The second-order valence-electron chi connectivity index (χ2n) is 6.08. The predicted octanol–water partition coefficient (Wildman–Crippen LogP) is 3.09. The van der Waals surface area contributed by atoms with Gasteiger partial charge in [-0.15, -0.1) is 11.3 Å². The van der Waals surface area contributed by atoms with E-state index in [-0.39, 0.29) is 11.6 Å². The van der Waals surface area contributed by atoms with Gasteiger partial charge in [0, 0.05) is 35.9 Å². The summed E-state index contributed by atoms with van der Waals surface area (Å²) in [4.78, 5) is 27.5. The molecule has 122 valence electrons. The Kier molecular flexibility index (Phi) is 4.68. The Morgan fingerprint density at radius 2 is 2.09 bits per heavy atom. The number of carboxylic acids is 1. The van der Waals surface area contributed by atoms with E-state index in [1.165, 1.54) is 17.3 Å². The molecule has 2 aromatic rings. The minimum atomic E-state index is -0.995. The van der Waals surface area contributed by atoms with Crippen LogP contribution in [0.2, 0.25) is 0 Å². The molecule has 1 unspecified atom stereocenters. The van der Waals surface area contributed by atoms with Crippen molar-refractivity contribution >= 4 is 17.3 Å². The number of aromatic nitrogens is 3. The molecule has 7 heteroatoms. The fourth-order valence-corrected chi connectivity index (χ4v) is 3.74. The van der Waals surface area contributed by atoms with Crippen molar-refractivity contribution in [1.82, 2.24) is 19.9 Å². The first-order valence-electron chi connectivity index (χ1n) is 7.78. The van der Waals surface area contributed by atoms with Crippen LogP contribution in [-0.4, -0.2) is 37.5 Å². The number of carbonyl (C=O) groups is 1. The van der Waals surface area contributed by atoms with Crippen LogP contribution in [0.3, 0.4) is 0 Å². The van der Waals surface area contributed by atoms with E-state index >= 15 is 0 Å². The lowest BCUT2D eigenvalue weighted by Gasteiger charge is -2.22. The highest BCUT2D eigenvalue weighted by Crippen LogP contribution is 2.32. The summed E-state index contributed by atoms with van der Waals surface area (Å²) in [5.41, 5.74) is 0.127. The molecule has 0 spiro atoms. The van der Waals surface area contributed by atoms with Crippen molar-refractivity contribution in [2.45, 2.75) is 45.2 Å². The molecule has 0 aromatic carbocycles. The molecular weight excluding hydrogens is 312 g/mol. The summed E-state index contributed by atoms with van der Waals surface area (Å²) >= 11 is 1.76. The van der Waals surface area contributed by atoms with Gasteiger partial charge in [-0.1, -0.05) is 13.8 Å². The number of thiazole rings is 1. The summed E-state index contributed by atoms with van der Waals surface area (Å²) in [5.74, 6) is 0.168. The van der Waals surface area contributed by atoms with Crippen molar-refractivity contribution in [2.24, 2.45) is 0 Å². The zero-order chi connectivity index (χ0) is 16.4. The van der Waals surface area contributed by atoms with Gasteiger partial charge in [-0.25, -0.2) is 19.7 Å². The number of rotatable bonds is 5. The summed E-state index contributed by atoms with van der Waals surface area (Å²) in [6.07, 6.45) is 6.85. The Balaban J connectivity index is 1.73. The Bertz CT molecular complexity index is 684. The zero-order valence-corrected chi connectivity index (χ0v) is 14.1. The lowest BCUT2D eigenvalue weighted by molar-refractivity contribution is 0.0695. The molecule has 0 aliphatic carbocycles. The summed E-state index contributed by atoms with van der Waals surface area (Å²) in [7, 11) is 0. The van der Waals surface area contributed by atoms with E-state index in [0.29, 0.717) is 11.7 Å². The highest BCUT2D eigenvalue weighted by Gasteiger charge is 2.28. The molecular formula is C16H20N4O2S. The van der Waals surface area contributed by atoms with Crippen molar-refractivity contribution in [2.75, 3.05) is 6.54 Å². The Morgan fingerprint density at radius 3 is 2.70 bits per heavy atom. The second kappa shape index (κ2) is 6.72. The molecule has 0 bridgehead atoms. The highest BCUT2D eigenvalue weighted by molar-refractivity contribution is 7.11. The van der Waals surface area contributed by atoms with Crippen LogP contribution >= 0.6 is 11.3 Å². The maximum atomic E-state index is 10.9. The molecule has 1 aliphatic rings. The molecule has 0 amide bonds. The second-order valence-corrected chi connectivity index (χ2v) is 7.23. The number of aromatic carboxylic acids is 1. The summed E-state index contributed by atoms with van der Waals surface area (Å²) < 4.78 is 0. The van der Waals surface area contributed by atoms with Crippen LogP contribution in [0.4, 0.5) is 0 Å². The van der Waals surface area contributed by atoms with E-state index in [1.807, 2.05) is 6.20 Å². The number of hydrogen-bond acceptors (Lipinski definition) is 6. The monoisotopic (exact) mass is 332 g/mol. The van der Waals surface area contributed by atoms with Crippen LogP contribution in [0.15, 0.2) is 18.6 Å². The van der Waals surface area contributed by atoms with Gasteiger partial charge < -0.3 is 5.11 Å². The van der Waals surface area contributed by atoms with Crippen LogP contribution in [0.25, 0.3) is 0 Å². The van der Waals surface area contributed by atoms with Gasteiger partial charge in [-0.05, 0) is 19.4 Å². The number of nitrogens with zero attached hydrogens (tertiary/aromatic N) is 4. The third-order valence-electron chi connectivity index (χ3n) is 4.00. The first kappa shape index (κ1) is 16.0. The van der Waals surface area contributed by atoms with Gasteiger partial charge in [0.1, 0.15) is 5.82 Å². The topological polar surface area (TPSA) is 79.2 Å². The lowest BCUT2D eigenvalue weighted by Crippen LogP contribution is -2.24. The van der Waals surface area contributed by atoms with Crippen molar-refractivity contribution in [3.8, 4) is 0 Å². The van der Waals surface area contributed by atoms with Crippen LogP contribution in [0.1, 0.15) is 64.7 Å². The largest absolute Gasteiger partial charge is 0.478 e. The predicted molar refractivity (Wildman–Crippen MR) is 87.6 cm³/mol. The van der Waals surface area contributed by atoms with Gasteiger partial charge in [-0.3, -0.25) is 4.90 Å². The molecule has 0 radical (unpaired) electrons. The minimum absolute atomic E-state index is 0.127. The molecule has 1 atom stereocenters. The third kappa shape index (κ3) is 3.56. The fraction of sp³-hybridized carbons (Fsp3) is 0.500. The molecule has 23 heavy (non-hydrogen) atoms. The Labute approximate surface area is 139 Å². The number of carboxylic acid groups (broad SMARTS) is 1. The smallest absolute Gasteiger partial charge is 0.338 e. The molecule has 2 aromatic heterocycles. The van der Waals surface area contributed by atoms with Gasteiger partial charge in [0.05, 0.1) is 16.6 Å². The SMILES string of the molecule is CC(C)c1ncc(CN2CCCC2c2ncc(C(=O)O)cn2)s1. The number of hydrogen-bond donors (Lipinski definition) is 1. The van der Waals surface area contributed by atoms with E-state index < -0.39 is 5.97 Å². The van der Waals surface area contributed by atoms with Crippen molar-refractivity contribution < 1.29 is 9.90 Å². The standard InChI is InChI=1S/C16H20N4O2S/c1-10(2)15-19-8-12(23-15)9-20-5-3-4-13(20)14-17-6-11(7-18-14)16(21)22/h6-8,10,13H,3-5,9H2,1-2H3,(H,21,22). The molecule has 1 fully saturated rings.